The van der Waals surface area contributed by atoms with E-state index < -0.39 is 30.4 Å². The third-order valence-electron chi connectivity index (χ3n) is 2.21. The Morgan fingerprint density at radius 2 is 2.06 bits per heavy atom. The maximum atomic E-state index is 12.9. The Labute approximate surface area is 97.1 Å². The van der Waals surface area contributed by atoms with Crippen molar-refractivity contribution in [3.63, 3.8) is 0 Å². The van der Waals surface area contributed by atoms with Crippen LogP contribution in [-0.2, 0) is 9.53 Å². The van der Waals surface area contributed by atoms with Crippen LogP contribution in [0.25, 0.3) is 0 Å². The number of esters is 1. The summed E-state index contributed by atoms with van der Waals surface area (Å²) in [5, 5.41) is 28.3. The zero-order valence-electron chi connectivity index (χ0n) is 9.13. The maximum Gasteiger partial charge on any atom is 0.308 e. The Kier molecular flexibility index (Phi) is 4.42. The second kappa shape index (κ2) is 5.60. The van der Waals surface area contributed by atoms with Crippen LogP contribution in [0.4, 0.5) is 4.39 Å². The van der Waals surface area contributed by atoms with Crippen molar-refractivity contribution in [2.75, 3.05) is 7.11 Å². The zero-order chi connectivity index (χ0) is 13.0. The molecule has 0 aliphatic carbocycles. The molecule has 0 spiro atoms. The highest BCUT2D eigenvalue weighted by Crippen LogP contribution is 2.24. The number of carbonyl (C=O) groups is 1. The number of benzene rings is 1. The van der Waals surface area contributed by atoms with E-state index in [2.05, 4.69) is 4.74 Å². The summed E-state index contributed by atoms with van der Waals surface area (Å²) in [6, 6.07) is 2.93. The van der Waals surface area contributed by atoms with Crippen LogP contribution in [0.3, 0.4) is 0 Å². The van der Waals surface area contributed by atoms with Gasteiger partial charge in [-0.1, -0.05) is 0 Å². The van der Waals surface area contributed by atoms with E-state index in [0.29, 0.717) is 0 Å². The topological polar surface area (TPSA) is 87.0 Å². The molecule has 94 valence electrons. The molecule has 0 bridgehead atoms. The highest BCUT2D eigenvalue weighted by molar-refractivity contribution is 5.69. The van der Waals surface area contributed by atoms with Crippen LogP contribution in [0.15, 0.2) is 18.2 Å². The largest absolute Gasteiger partial charge is 0.508 e. The van der Waals surface area contributed by atoms with Gasteiger partial charge in [0.1, 0.15) is 17.7 Å². The fraction of sp³-hybridized carbons (Fsp3) is 0.364. The van der Waals surface area contributed by atoms with Gasteiger partial charge in [-0.05, 0) is 17.7 Å². The van der Waals surface area contributed by atoms with Gasteiger partial charge in [-0.2, -0.15) is 0 Å². The molecular formula is C11H13FO5. The number of aliphatic hydroxyl groups excluding tert-OH is 2. The molecule has 2 unspecified atom stereocenters. The van der Waals surface area contributed by atoms with Gasteiger partial charge in [-0.3, -0.25) is 4.79 Å². The molecule has 0 aliphatic heterocycles. The lowest BCUT2D eigenvalue weighted by molar-refractivity contribution is -0.144. The van der Waals surface area contributed by atoms with E-state index in [1.165, 1.54) is 0 Å². The summed E-state index contributed by atoms with van der Waals surface area (Å²) < 4.78 is 17.3. The minimum absolute atomic E-state index is 0.0149. The van der Waals surface area contributed by atoms with Crippen LogP contribution >= 0.6 is 0 Å². The molecule has 0 aromatic heterocycles. The highest BCUT2D eigenvalue weighted by Gasteiger charge is 2.22. The number of carbonyl (C=O) groups excluding carboxylic acids is 1. The number of ether oxygens (including phenoxy) is 1. The molecule has 0 amide bonds. The predicted molar refractivity (Wildman–Crippen MR) is 55.7 cm³/mol. The quantitative estimate of drug-likeness (QED) is 0.671. The van der Waals surface area contributed by atoms with Crippen molar-refractivity contribution in [1.29, 1.82) is 0 Å². The van der Waals surface area contributed by atoms with Crippen LogP contribution in [-0.4, -0.2) is 34.5 Å². The van der Waals surface area contributed by atoms with Gasteiger partial charge in [0, 0.05) is 6.07 Å². The standard InChI is InChI=1S/C11H13FO5/c1-17-10(15)5-9(14)11(16)6-2-7(12)4-8(13)3-6/h2-4,9,11,13-14,16H,5H2,1H3. The van der Waals surface area contributed by atoms with Gasteiger partial charge in [0.05, 0.1) is 19.6 Å². The van der Waals surface area contributed by atoms with Gasteiger partial charge in [0.2, 0.25) is 0 Å². The number of hydrogen-bond acceptors (Lipinski definition) is 5. The first-order valence-corrected chi connectivity index (χ1v) is 4.86. The molecule has 3 N–H and O–H groups in total. The molecule has 0 saturated carbocycles. The summed E-state index contributed by atoms with van der Waals surface area (Å²) >= 11 is 0. The van der Waals surface area contributed by atoms with Crippen molar-refractivity contribution in [2.45, 2.75) is 18.6 Å². The average Bonchev–Trinajstić information content (AvgIpc) is 2.26. The molecule has 0 fully saturated rings. The van der Waals surface area contributed by atoms with Gasteiger partial charge < -0.3 is 20.1 Å². The predicted octanol–water partition coefficient (Wildman–Crippen LogP) is 0.489. The van der Waals surface area contributed by atoms with Gasteiger partial charge in [0.15, 0.2) is 0 Å². The second-order valence-electron chi connectivity index (χ2n) is 3.54. The number of rotatable bonds is 4. The van der Waals surface area contributed by atoms with Crippen molar-refractivity contribution in [2.24, 2.45) is 0 Å². The van der Waals surface area contributed by atoms with E-state index in [-0.39, 0.29) is 11.3 Å². The van der Waals surface area contributed by atoms with Crippen LogP contribution in [0, 0.1) is 5.82 Å². The van der Waals surface area contributed by atoms with Gasteiger partial charge >= 0.3 is 5.97 Å². The van der Waals surface area contributed by atoms with Gasteiger partial charge in [0.25, 0.3) is 0 Å². The molecule has 0 heterocycles. The van der Waals surface area contributed by atoms with Crippen molar-refractivity contribution in [1.82, 2.24) is 0 Å². The molecule has 6 heteroatoms. The molecular weight excluding hydrogens is 231 g/mol. The summed E-state index contributed by atoms with van der Waals surface area (Å²) in [7, 11) is 1.15. The molecule has 0 aliphatic rings. The van der Waals surface area contributed by atoms with Crippen LogP contribution in [0.1, 0.15) is 18.1 Å². The number of methoxy groups -OCH3 is 1. The minimum Gasteiger partial charge on any atom is -0.508 e. The normalized spacial score (nSPS) is 14.1. The van der Waals surface area contributed by atoms with Crippen molar-refractivity contribution in [3.8, 4) is 5.75 Å². The number of halogens is 1. The first-order valence-electron chi connectivity index (χ1n) is 4.86. The van der Waals surface area contributed by atoms with E-state index in [9.17, 15) is 19.4 Å². The van der Waals surface area contributed by atoms with Crippen molar-refractivity contribution in [3.05, 3.63) is 29.6 Å². The third kappa shape index (κ3) is 3.69. The lowest BCUT2D eigenvalue weighted by Gasteiger charge is -2.17. The Morgan fingerprint density at radius 3 is 2.59 bits per heavy atom. The number of hydrogen-bond donors (Lipinski definition) is 3. The Morgan fingerprint density at radius 1 is 1.41 bits per heavy atom. The average molecular weight is 244 g/mol. The molecule has 17 heavy (non-hydrogen) atoms. The van der Waals surface area contributed by atoms with Crippen molar-refractivity contribution < 1.29 is 29.2 Å². The number of phenols is 1. The monoisotopic (exact) mass is 244 g/mol. The number of phenolic OH excluding ortho intramolecular Hbond substituents is 1. The molecule has 0 saturated heterocycles. The van der Waals surface area contributed by atoms with E-state index >= 15 is 0 Å². The molecule has 1 rings (SSSR count). The van der Waals surface area contributed by atoms with Crippen molar-refractivity contribution >= 4 is 5.97 Å². The minimum atomic E-state index is -1.48. The molecule has 1 aromatic rings. The van der Waals surface area contributed by atoms with E-state index in [0.717, 1.165) is 25.3 Å². The molecule has 1 aromatic carbocycles. The first kappa shape index (κ1) is 13.4. The third-order valence-corrected chi connectivity index (χ3v) is 2.21. The lowest BCUT2D eigenvalue weighted by Crippen LogP contribution is -2.22. The van der Waals surface area contributed by atoms with Crippen LogP contribution in [0.2, 0.25) is 0 Å². The second-order valence-corrected chi connectivity index (χ2v) is 3.54. The smallest absolute Gasteiger partial charge is 0.308 e. The molecule has 5 nitrogen and oxygen atoms in total. The Balaban J connectivity index is 2.80. The van der Waals surface area contributed by atoms with E-state index in [1.54, 1.807) is 0 Å². The zero-order valence-corrected chi connectivity index (χ0v) is 9.13. The number of aliphatic hydroxyl groups is 2. The highest BCUT2D eigenvalue weighted by atomic mass is 19.1. The summed E-state index contributed by atoms with van der Waals surface area (Å²) in [6.45, 7) is 0. The summed E-state index contributed by atoms with van der Waals surface area (Å²) in [5.41, 5.74) is -0.0149. The van der Waals surface area contributed by atoms with E-state index in [4.69, 9.17) is 5.11 Å². The number of aromatic hydroxyl groups is 1. The fourth-order valence-corrected chi connectivity index (χ4v) is 1.35. The van der Waals surface area contributed by atoms with E-state index in [1.807, 2.05) is 0 Å². The summed E-state index contributed by atoms with van der Waals surface area (Å²) in [5.74, 6) is -1.81. The fourth-order valence-electron chi connectivity index (χ4n) is 1.35. The maximum absolute atomic E-state index is 12.9. The van der Waals surface area contributed by atoms with Crippen LogP contribution < -0.4 is 0 Å². The summed E-state index contributed by atoms with van der Waals surface area (Å²) in [6.07, 6.45) is -3.33. The molecule has 2 atom stereocenters. The SMILES string of the molecule is COC(=O)CC(O)C(O)c1cc(O)cc(F)c1. The Hall–Kier alpha value is -1.66. The van der Waals surface area contributed by atoms with Gasteiger partial charge in [-0.25, -0.2) is 4.39 Å². The lowest BCUT2D eigenvalue weighted by atomic mass is 10.0. The Bertz CT molecular complexity index is 387. The van der Waals surface area contributed by atoms with Crippen LogP contribution in [0.5, 0.6) is 5.75 Å². The van der Waals surface area contributed by atoms with Gasteiger partial charge in [-0.15, -0.1) is 0 Å². The molecule has 0 radical (unpaired) electrons. The summed E-state index contributed by atoms with van der Waals surface area (Å²) in [4.78, 5) is 10.9. The first-order chi connectivity index (χ1) is 7.93.